The van der Waals surface area contributed by atoms with Gasteiger partial charge in [-0.15, -0.1) is 0 Å². The molecule has 0 aromatic rings. The van der Waals surface area contributed by atoms with Crippen LogP contribution in [0.3, 0.4) is 0 Å². The Bertz CT molecular complexity index is 211. The third kappa shape index (κ3) is 11.2. The molecule has 0 amide bonds. The summed E-state index contributed by atoms with van der Waals surface area (Å²) in [7, 11) is 0. The van der Waals surface area contributed by atoms with Crippen LogP contribution in [0.4, 0.5) is 0 Å². The quantitative estimate of drug-likeness (QED) is 0.416. The van der Waals surface area contributed by atoms with E-state index in [0.717, 1.165) is 31.8 Å². The van der Waals surface area contributed by atoms with Crippen molar-refractivity contribution < 1.29 is 20.1 Å². The molecule has 0 fully saturated rings. The molecule has 2 unspecified atom stereocenters. The molecule has 94 valence electrons. The number of carboxylic acid groups (broad SMARTS) is 1. The highest BCUT2D eigenvalue weighted by Gasteiger charge is 2.06. The Labute approximate surface area is 96.6 Å². The molecule has 0 saturated heterocycles. The predicted octanol–water partition coefficient (Wildman–Crippen LogP) is 1.71. The van der Waals surface area contributed by atoms with Gasteiger partial charge in [0.15, 0.2) is 0 Å². The van der Waals surface area contributed by atoms with Crippen LogP contribution in [-0.4, -0.2) is 33.5 Å². The molecule has 2 atom stereocenters. The molecule has 0 bridgehead atoms. The first-order valence-corrected chi connectivity index (χ1v) is 5.78. The Hall–Kier alpha value is -0.870. The van der Waals surface area contributed by atoms with Crippen molar-refractivity contribution in [2.24, 2.45) is 0 Å². The van der Waals surface area contributed by atoms with Gasteiger partial charge in [0.05, 0.1) is 12.2 Å². The zero-order valence-electron chi connectivity index (χ0n) is 9.80. The van der Waals surface area contributed by atoms with E-state index in [2.05, 4.69) is 0 Å². The van der Waals surface area contributed by atoms with Crippen LogP contribution in [0.25, 0.3) is 0 Å². The third-order valence-electron chi connectivity index (χ3n) is 2.28. The molecule has 0 aliphatic heterocycles. The van der Waals surface area contributed by atoms with Gasteiger partial charge in [0.25, 0.3) is 0 Å². The second-order valence-electron chi connectivity index (χ2n) is 4.12. The van der Waals surface area contributed by atoms with E-state index in [-0.39, 0.29) is 0 Å². The molecule has 16 heavy (non-hydrogen) atoms. The molecule has 0 saturated carbocycles. The van der Waals surface area contributed by atoms with Crippen molar-refractivity contribution in [2.75, 3.05) is 0 Å². The normalized spacial score (nSPS) is 15.2. The number of carbonyl (C=O) groups is 1. The Kier molecular flexibility index (Phi) is 8.85. The summed E-state index contributed by atoms with van der Waals surface area (Å²) in [6.45, 7) is 1.67. The number of aliphatic carboxylic acids is 1. The summed E-state index contributed by atoms with van der Waals surface area (Å²) in [5.74, 6) is -0.910. The maximum atomic E-state index is 10.1. The van der Waals surface area contributed by atoms with Gasteiger partial charge in [-0.3, -0.25) is 0 Å². The van der Waals surface area contributed by atoms with E-state index in [4.69, 9.17) is 10.2 Å². The number of carboxylic acids is 1. The first-order chi connectivity index (χ1) is 7.52. The van der Waals surface area contributed by atoms with E-state index in [9.17, 15) is 9.90 Å². The van der Waals surface area contributed by atoms with Crippen molar-refractivity contribution in [2.45, 2.75) is 57.7 Å². The minimum absolute atomic E-state index is 0.422. The minimum Gasteiger partial charge on any atom is -0.478 e. The number of aliphatic hydroxyl groups is 2. The Balaban J connectivity index is 3.30. The molecule has 4 nitrogen and oxygen atoms in total. The van der Waals surface area contributed by atoms with Crippen molar-refractivity contribution in [1.82, 2.24) is 0 Å². The Morgan fingerprint density at radius 1 is 1.25 bits per heavy atom. The number of hydrogen-bond donors (Lipinski definition) is 3. The maximum Gasteiger partial charge on any atom is 0.327 e. The average molecular weight is 230 g/mol. The van der Waals surface area contributed by atoms with Gasteiger partial charge in [0.1, 0.15) is 0 Å². The van der Waals surface area contributed by atoms with E-state index in [0.29, 0.717) is 12.8 Å². The molecule has 3 N–H and O–H groups in total. The number of rotatable bonds is 9. The predicted molar refractivity (Wildman–Crippen MR) is 62.2 cm³/mol. The molecule has 0 rings (SSSR count). The van der Waals surface area contributed by atoms with Crippen LogP contribution in [-0.2, 0) is 4.79 Å². The second kappa shape index (κ2) is 9.36. The topological polar surface area (TPSA) is 77.8 Å². The lowest BCUT2D eigenvalue weighted by atomic mass is 10.0. The van der Waals surface area contributed by atoms with E-state index in [1.165, 1.54) is 0 Å². The van der Waals surface area contributed by atoms with E-state index >= 15 is 0 Å². The van der Waals surface area contributed by atoms with E-state index in [1.54, 1.807) is 13.0 Å². The standard InChI is InChI=1S/C12H22O4/c1-10(13)9-11(14)7-5-3-2-4-6-8-12(15)16/h6,8,10-11,13-14H,2-5,7,9H2,1H3,(H,15,16)/b8-6+. The number of allylic oxidation sites excluding steroid dienone is 1. The van der Waals surface area contributed by atoms with Crippen LogP contribution in [0, 0.1) is 0 Å². The average Bonchev–Trinajstić information content (AvgIpc) is 2.14. The maximum absolute atomic E-state index is 10.1. The molecular formula is C12H22O4. The number of aliphatic hydroxyl groups excluding tert-OH is 2. The van der Waals surface area contributed by atoms with Crippen LogP contribution >= 0.6 is 0 Å². The largest absolute Gasteiger partial charge is 0.478 e. The molecule has 0 radical (unpaired) electrons. The van der Waals surface area contributed by atoms with Gasteiger partial charge in [0, 0.05) is 6.08 Å². The summed E-state index contributed by atoms with van der Waals surface area (Å²) in [5, 5.41) is 26.8. The van der Waals surface area contributed by atoms with Gasteiger partial charge in [-0.1, -0.05) is 18.9 Å². The highest BCUT2D eigenvalue weighted by molar-refractivity contribution is 5.79. The molecule has 0 aromatic heterocycles. The zero-order valence-corrected chi connectivity index (χ0v) is 9.80. The fraction of sp³-hybridized carbons (Fsp3) is 0.750. The van der Waals surface area contributed by atoms with Crippen molar-refractivity contribution in [3.63, 3.8) is 0 Å². The highest BCUT2D eigenvalue weighted by Crippen LogP contribution is 2.09. The lowest BCUT2D eigenvalue weighted by molar-refractivity contribution is -0.131. The fourth-order valence-electron chi connectivity index (χ4n) is 1.51. The Morgan fingerprint density at radius 2 is 1.94 bits per heavy atom. The SMILES string of the molecule is CC(O)CC(O)CCCCC/C=C/C(=O)O. The van der Waals surface area contributed by atoms with E-state index < -0.39 is 18.2 Å². The van der Waals surface area contributed by atoms with Crippen LogP contribution in [0.1, 0.15) is 45.4 Å². The molecular weight excluding hydrogens is 208 g/mol. The van der Waals surface area contributed by atoms with Crippen LogP contribution in [0.2, 0.25) is 0 Å². The van der Waals surface area contributed by atoms with Gasteiger partial charge >= 0.3 is 5.97 Å². The summed E-state index contributed by atoms with van der Waals surface area (Å²) in [6, 6.07) is 0. The van der Waals surface area contributed by atoms with E-state index in [1.807, 2.05) is 0 Å². The van der Waals surface area contributed by atoms with Gasteiger partial charge in [0.2, 0.25) is 0 Å². The fourth-order valence-corrected chi connectivity index (χ4v) is 1.51. The second-order valence-corrected chi connectivity index (χ2v) is 4.12. The molecule has 0 aromatic carbocycles. The van der Waals surface area contributed by atoms with Gasteiger partial charge in [-0.25, -0.2) is 4.79 Å². The van der Waals surface area contributed by atoms with Crippen molar-refractivity contribution >= 4 is 5.97 Å². The molecule has 4 heteroatoms. The minimum atomic E-state index is -0.910. The highest BCUT2D eigenvalue weighted by atomic mass is 16.4. The summed E-state index contributed by atoms with van der Waals surface area (Å²) in [4.78, 5) is 10.1. The van der Waals surface area contributed by atoms with Crippen molar-refractivity contribution in [1.29, 1.82) is 0 Å². The molecule has 0 aliphatic carbocycles. The summed E-state index contributed by atoms with van der Waals surface area (Å²) >= 11 is 0. The molecule has 0 spiro atoms. The van der Waals surface area contributed by atoms with Gasteiger partial charge in [-0.05, 0) is 32.6 Å². The lowest BCUT2D eigenvalue weighted by Crippen LogP contribution is -2.14. The number of unbranched alkanes of at least 4 members (excludes halogenated alkanes) is 3. The summed E-state index contributed by atoms with van der Waals surface area (Å²) < 4.78 is 0. The third-order valence-corrected chi connectivity index (χ3v) is 2.28. The first kappa shape index (κ1) is 15.1. The van der Waals surface area contributed by atoms with Crippen LogP contribution in [0.15, 0.2) is 12.2 Å². The van der Waals surface area contributed by atoms with Gasteiger partial charge in [-0.2, -0.15) is 0 Å². The zero-order chi connectivity index (χ0) is 12.4. The van der Waals surface area contributed by atoms with Gasteiger partial charge < -0.3 is 15.3 Å². The van der Waals surface area contributed by atoms with Crippen LogP contribution < -0.4 is 0 Å². The summed E-state index contributed by atoms with van der Waals surface area (Å²) in [5.41, 5.74) is 0. The Morgan fingerprint density at radius 3 is 2.50 bits per heavy atom. The van der Waals surface area contributed by atoms with Crippen LogP contribution in [0.5, 0.6) is 0 Å². The molecule has 0 heterocycles. The summed E-state index contributed by atoms with van der Waals surface area (Å²) in [6.07, 6.45) is 6.64. The smallest absolute Gasteiger partial charge is 0.327 e. The first-order valence-electron chi connectivity index (χ1n) is 5.78. The monoisotopic (exact) mass is 230 g/mol. The molecule has 0 aliphatic rings. The lowest BCUT2D eigenvalue weighted by Gasteiger charge is -2.11. The number of hydrogen-bond acceptors (Lipinski definition) is 3. The van der Waals surface area contributed by atoms with Crippen molar-refractivity contribution in [3.8, 4) is 0 Å². The van der Waals surface area contributed by atoms with Crippen molar-refractivity contribution in [3.05, 3.63) is 12.2 Å².